The van der Waals surface area contributed by atoms with Gasteiger partial charge >= 0.3 is 0 Å². The summed E-state index contributed by atoms with van der Waals surface area (Å²) in [4.78, 5) is 4.21. The van der Waals surface area contributed by atoms with Crippen LogP contribution in [0.3, 0.4) is 0 Å². The molecular weight excluding hydrogens is 208 g/mol. The van der Waals surface area contributed by atoms with Gasteiger partial charge in [0.05, 0.1) is 12.3 Å². The fraction of sp³-hybridized carbons (Fsp3) is 0.727. The highest BCUT2D eigenvalue weighted by molar-refractivity contribution is 5.11. The van der Waals surface area contributed by atoms with Crippen molar-refractivity contribution in [1.82, 2.24) is 10.3 Å². The largest absolute Gasteiger partial charge is 0.445 e. The molecule has 1 unspecified atom stereocenters. The number of aromatic nitrogens is 1. The first-order chi connectivity index (χ1) is 7.92. The highest BCUT2D eigenvalue weighted by Crippen LogP contribution is 2.30. The van der Waals surface area contributed by atoms with Crippen LogP contribution in [0.25, 0.3) is 0 Å². The number of hydrogen-bond donors (Lipinski definition) is 1. The van der Waals surface area contributed by atoms with Gasteiger partial charge in [0.25, 0.3) is 0 Å². The lowest BCUT2D eigenvalue weighted by Crippen LogP contribution is -2.19. The van der Waals surface area contributed by atoms with E-state index in [1.54, 1.807) is 7.11 Å². The van der Waals surface area contributed by atoms with Crippen molar-refractivity contribution in [3.8, 4) is 0 Å². The molecule has 1 aliphatic heterocycles. The minimum Gasteiger partial charge on any atom is -0.445 e. The summed E-state index contributed by atoms with van der Waals surface area (Å²) in [5, 5.41) is 3.25. The Hall–Kier alpha value is -0.910. The number of rotatable bonds is 6. The number of hydrogen-bond acceptors (Lipinski definition) is 5. The molecule has 1 atom stereocenters. The number of ether oxygens (including phenoxy) is 2. The summed E-state index contributed by atoms with van der Waals surface area (Å²) in [5.41, 5.74) is 0.947. The Bertz CT molecular complexity index is 308. The van der Waals surface area contributed by atoms with Gasteiger partial charge < -0.3 is 19.2 Å². The molecule has 2 rings (SSSR count). The van der Waals surface area contributed by atoms with Gasteiger partial charge in [-0.1, -0.05) is 0 Å². The van der Waals surface area contributed by atoms with E-state index in [-0.39, 0.29) is 6.10 Å². The highest BCUT2D eigenvalue weighted by Gasteiger charge is 2.24. The second-order valence-electron chi connectivity index (χ2n) is 3.83. The molecule has 0 aromatic carbocycles. The SMILES string of the molecule is COCCNCc1ncoc1C1CCCO1. The van der Waals surface area contributed by atoms with E-state index < -0.39 is 0 Å². The molecular formula is C11H18N2O3. The van der Waals surface area contributed by atoms with Crippen molar-refractivity contribution in [1.29, 1.82) is 0 Å². The van der Waals surface area contributed by atoms with E-state index in [1.807, 2.05) is 0 Å². The third-order valence-electron chi connectivity index (χ3n) is 2.67. The number of oxazole rings is 1. The van der Waals surface area contributed by atoms with Crippen molar-refractivity contribution in [2.75, 3.05) is 26.9 Å². The summed E-state index contributed by atoms with van der Waals surface area (Å²) < 4.78 is 15.9. The smallest absolute Gasteiger partial charge is 0.181 e. The minimum atomic E-state index is 0.0988. The van der Waals surface area contributed by atoms with Crippen molar-refractivity contribution in [3.05, 3.63) is 17.8 Å². The Kier molecular flexibility index (Phi) is 4.33. The van der Waals surface area contributed by atoms with E-state index in [1.165, 1.54) is 6.39 Å². The fourth-order valence-electron chi connectivity index (χ4n) is 1.84. The lowest BCUT2D eigenvalue weighted by molar-refractivity contribution is 0.0925. The van der Waals surface area contributed by atoms with Gasteiger partial charge in [-0.2, -0.15) is 0 Å². The van der Waals surface area contributed by atoms with Crippen LogP contribution in [0.2, 0.25) is 0 Å². The predicted octanol–water partition coefficient (Wildman–Crippen LogP) is 1.26. The molecule has 1 saturated heterocycles. The Morgan fingerprint density at radius 3 is 3.31 bits per heavy atom. The normalized spacial score (nSPS) is 20.4. The second kappa shape index (κ2) is 5.98. The van der Waals surface area contributed by atoms with E-state index in [0.717, 1.165) is 37.4 Å². The molecule has 0 saturated carbocycles. The zero-order chi connectivity index (χ0) is 11.2. The molecule has 0 spiro atoms. The second-order valence-corrected chi connectivity index (χ2v) is 3.83. The maximum absolute atomic E-state index is 5.58. The fourth-order valence-corrected chi connectivity index (χ4v) is 1.84. The van der Waals surface area contributed by atoms with Gasteiger partial charge in [0, 0.05) is 26.8 Å². The number of nitrogens with zero attached hydrogens (tertiary/aromatic N) is 1. The first kappa shape index (κ1) is 11.6. The first-order valence-electron chi connectivity index (χ1n) is 5.65. The first-order valence-corrected chi connectivity index (χ1v) is 5.65. The van der Waals surface area contributed by atoms with Crippen LogP contribution in [0.5, 0.6) is 0 Å². The molecule has 5 nitrogen and oxygen atoms in total. The van der Waals surface area contributed by atoms with Crippen molar-refractivity contribution in [2.24, 2.45) is 0 Å². The van der Waals surface area contributed by atoms with E-state index in [9.17, 15) is 0 Å². The van der Waals surface area contributed by atoms with Crippen molar-refractivity contribution in [3.63, 3.8) is 0 Å². The van der Waals surface area contributed by atoms with Crippen molar-refractivity contribution >= 4 is 0 Å². The van der Waals surface area contributed by atoms with Crippen molar-refractivity contribution < 1.29 is 13.9 Å². The van der Waals surface area contributed by atoms with E-state index in [2.05, 4.69) is 10.3 Å². The predicted molar refractivity (Wildman–Crippen MR) is 58.0 cm³/mol. The highest BCUT2D eigenvalue weighted by atomic mass is 16.5. The number of methoxy groups -OCH3 is 1. The average Bonchev–Trinajstić information content (AvgIpc) is 2.94. The Labute approximate surface area is 95.1 Å². The quantitative estimate of drug-likeness (QED) is 0.740. The molecule has 1 N–H and O–H groups in total. The standard InChI is InChI=1S/C11H18N2O3/c1-14-6-4-12-7-9-11(16-8-13-9)10-3-2-5-15-10/h8,10,12H,2-7H2,1H3. The molecule has 1 fully saturated rings. The molecule has 1 aromatic heterocycles. The summed E-state index contributed by atoms with van der Waals surface area (Å²) in [6, 6.07) is 0. The van der Waals surface area contributed by atoms with Gasteiger partial charge in [-0.15, -0.1) is 0 Å². The topological polar surface area (TPSA) is 56.5 Å². The monoisotopic (exact) mass is 226 g/mol. The number of nitrogens with one attached hydrogen (secondary N) is 1. The molecule has 90 valence electrons. The van der Waals surface area contributed by atoms with Gasteiger partial charge in [0.15, 0.2) is 12.2 Å². The molecule has 0 bridgehead atoms. The molecule has 0 radical (unpaired) electrons. The van der Waals surface area contributed by atoms with Crippen LogP contribution in [0.1, 0.15) is 30.4 Å². The van der Waals surface area contributed by atoms with Gasteiger partial charge in [-0.05, 0) is 12.8 Å². The molecule has 16 heavy (non-hydrogen) atoms. The van der Waals surface area contributed by atoms with Gasteiger partial charge in [0.1, 0.15) is 6.10 Å². The van der Waals surface area contributed by atoms with Crippen LogP contribution in [-0.2, 0) is 16.0 Å². The van der Waals surface area contributed by atoms with Gasteiger partial charge in [-0.25, -0.2) is 4.98 Å². The Morgan fingerprint density at radius 2 is 2.56 bits per heavy atom. The third kappa shape index (κ3) is 2.81. The summed E-state index contributed by atoms with van der Waals surface area (Å²) in [6.45, 7) is 3.04. The van der Waals surface area contributed by atoms with Gasteiger partial charge in [-0.3, -0.25) is 0 Å². The van der Waals surface area contributed by atoms with E-state index in [4.69, 9.17) is 13.9 Å². The summed E-state index contributed by atoms with van der Waals surface area (Å²) >= 11 is 0. The maximum Gasteiger partial charge on any atom is 0.181 e. The van der Waals surface area contributed by atoms with Crippen LogP contribution in [-0.4, -0.2) is 31.9 Å². The zero-order valence-electron chi connectivity index (χ0n) is 9.57. The lowest BCUT2D eigenvalue weighted by atomic mass is 10.1. The molecule has 0 aliphatic carbocycles. The van der Waals surface area contributed by atoms with Crippen LogP contribution >= 0.6 is 0 Å². The molecule has 1 aliphatic rings. The molecule has 5 heteroatoms. The summed E-state index contributed by atoms with van der Waals surface area (Å²) in [5.74, 6) is 0.877. The molecule has 2 heterocycles. The van der Waals surface area contributed by atoms with Crippen LogP contribution in [0.4, 0.5) is 0 Å². The summed E-state index contributed by atoms with van der Waals surface area (Å²) in [6.07, 6.45) is 3.72. The van der Waals surface area contributed by atoms with Crippen LogP contribution in [0.15, 0.2) is 10.8 Å². The zero-order valence-corrected chi connectivity index (χ0v) is 9.57. The van der Waals surface area contributed by atoms with Crippen molar-refractivity contribution in [2.45, 2.75) is 25.5 Å². The summed E-state index contributed by atoms with van der Waals surface area (Å²) in [7, 11) is 1.69. The lowest BCUT2D eigenvalue weighted by Gasteiger charge is -2.08. The minimum absolute atomic E-state index is 0.0988. The average molecular weight is 226 g/mol. The van der Waals surface area contributed by atoms with Crippen LogP contribution < -0.4 is 5.32 Å². The third-order valence-corrected chi connectivity index (χ3v) is 2.67. The molecule has 0 amide bonds. The Morgan fingerprint density at radius 1 is 1.62 bits per heavy atom. The van der Waals surface area contributed by atoms with E-state index >= 15 is 0 Å². The van der Waals surface area contributed by atoms with E-state index in [0.29, 0.717) is 13.2 Å². The van der Waals surface area contributed by atoms with Crippen LogP contribution in [0, 0.1) is 0 Å². The maximum atomic E-state index is 5.58. The molecule has 1 aromatic rings. The Balaban J connectivity index is 1.86. The van der Waals surface area contributed by atoms with Gasteiger partial charge in [0.2, 0.25) is 0 Å².